The fraction of sp³-hybridized carbons (Fsp3) is 0.0769. The summed E-state index contributed by atoms with van der Waals surface area (Å²) in [4.78, 5) is 16.3. The van der Waals surface area contributed by atoms with Crippen LogP contribution in [0.1, 0.15) is 16.1 Å². The summed E-state index contributed by atoms with van der Waals surface area (Å²) in [6.45, 7) is 0. The lowest BCUT2D eigenvalue weighted by Crippen LogP contribution is -2.05. The van der Waals surface area contributed by atoms with Gasteiger partial charge in [-0.15, -0.1) is 0 Å². The van der Waals surface area contributed by atoms with Crippen molar-refractivity contribution in [3.8, 4) is 0 Å². The van der Waals surface area contributed by atoms with Crippen LogP contribution in [0.3, 0.4) is 0 Å². The van der Waals surface area contributed by atoms with Crippen molar-refractivity contribution in [3.63, 3.8) is 0 Å². The minimum absolute atomic E-state index is 0.0456. The zero-order chi connectivity index (χ0) is 13.1. The molecule has 0 unspecified atom stereocenters. The van der Waals surface area contributed by atoms with Crippen molar-refractivity contribution in [1.82, 2.24) is 4.98 Å². The Hall–Kier alpha value is -0.520. The van der Waals surface area contributed by atoms with Gasteiger partial charge in [-0.1, -0.05) is 31.9 Å². The van der Waals surface area contributed by atoms with Crippen LogP contribution in [0.25, 0.3) is 0 Å². The normalized spacial score (nSPS) is 10.4. The smallest absolute Gasteiger partial charge is 0.169 e. The minimum Gasteiger partial charge on any atom is -0.294 e. The lowest BCUT2D eigenvalue weighted by Gasteiger charge is -2.04. The van der Waals surface area contributed by atoms with Crippen LogP contribution in [0, 0.1) is 0 Å². The molecule has 0 aliphatic rings. The standard InChI is InChI=1S/C13H8Br3NO/c14-8-2-4-11(12(16)5-8)13(18)6-10-3-1-9(15)7-17-10/h1-5,7H,6H2. The fourth-order valence-corrected chi connectivity index (χ4v) is 2.99. The maximum atomic E-state index is 12.1. The molecule has 2 nitrogen and oxygen atoms in total. The Morgan fingerprint density at radius 3 is 2.39 bits per heavy atom. The van der Waals surface area contributed by atoms with Crippen LogP contribution >= 0.6 is 47.8 Å². The van der Waals surface area contributed by atoms with Gasteiger partial charge in [0.05, 0.1) is 6.42 Å². The van der Waals surface area contributed by atoms with E-state index in [4.69, 9.17) is 0 Å². The molecule has 0 aliphatic heterocycles. The molecule has 1 heterocycles. The number of halogens is 3. The summed E-state index contributed by atoms with van der Waals surface area (Å²) in [5.74, 6) is 0.0456. The number of ketones is 1. The highest BCUT2D eigenvalue weighted by molar-refractivity contribution is 9.11. The molecule has 92 valence electrons. The van der Waals surface area contributed by atoms with Crippen molar-refractivity contribution in [1.29, 1.82) is 0 Å². The van der Waals surface area contributed by atoms with Crippen molar-refractivity contribution < 1.29 is 4.79 Å². The first-order valence-corrected chi connectivity index (χ1v) is 7.53. The lowest BCUT2D eigenvalue weighted by atomic mass is 10.1. The van der Waals surface area contributed by atoms with Gasteiger partial charge in [0.25, 0.3) is 0 Å². The van der Waals surface area contributed by atoms with E-state index in [0.717, 1.165) is 19.1 Å². The van der Waals surface area contributed by atoms with Gasteiger partial charge in [-0.25, -0.2) is 0 Å². The number of aromatic nitrogens is 1. The maximum absolute atomic E-state index is 12.1. The van der Waals surface area contributed by atoms with Gasteiger partial charge in [-0.3, -0.25) is 9.78 Å². The summed E-state index contributed by atoms with van der Waals surface area (Å²) in [7, 11) is 0. The number of benzene rings is 1. The largest absolute Gasteiger partial charge is 0.294 e. The summed E-state index contributed by atoms with van der Waals surface area (Å²) in [5, 5.41) is 0. The van der Waals surface area contributed by atoms with Crippen molar-refractivity contribution in [2.24, 2.45) is 0 Å². The predicted molar refractivity (Wildman–Crippen MR) is 81.8 cm³/mol. The van der Waals surface area contributed by atoms with E-state index in [1.807, 2.05) is 24.3 Å². The molecule has 0 atom stereocenters. The molecule has 5 heteroatoms. The van der Waals surface area contributed by atoms with E-state index in [9.17, 15) is 4.79 Å². The highest BCUT2D eigenvalue weighted by atomic mass is 79.9. The SMILES string of the molecule is O=C(Cc1ccc(Br)cn1)c1ccc(Br)cc1Br. The number of nitrogens with zero attached hydrogens (tertiary/aromatic N) is 1. The van der Waals surface area contributed by atoms with E-state index >= 15 is 0 Å². The second-order valence-corrected chi connectivity index (χ2v) is 6.38. The molecule has 18 heavy (non-hydrogen) atoms. The Bertz CT molecular complexity index is 581. The number of Topliss-reactive ketones (excluding diaryl/α,β-unsaturated/α-hetero) is 1. The van der Waals surface area contributed by atoms with E-state index < -0.39 is 0 Å². The van der Waals surface area contributed by atoms with Gasteiger partial charge in [0.1, 0.15) is 0 Å². The summed E-state index contributed by atoms with van der Waals surface area (Å²) >= 11 is 10.1. The molecule has 0 fully saturated rings. The molecule has 0 bridgehead atoms. The number of hydrogen-bond acceptors (Lipinski definition) is 2. The highest BCUT2D eigenvalue weighted by Crippen LogP contribution is 2.23. The minimum atomic E-state index is 0.0456. The molecule has 0 aliphatic carbocycles. The first-order chi connectivity index (χ1) is 8.56. The summed E-state index contributed by atoms with van der Waals surface area (Å²) in [6, 6.07) is 9.24. The molecule has 2 rings (SSSR count). The quantitative estimate of drug-likeness (QED) is 0.651. The molecule has 1 aromatic heterocycles. The first-order valence-electron chi connectivity index (χ1n) is 5.15. The van der Waals surface area contributed by atoms with Crippen LogP contribution in [0.5, 0.6) is 0 Å². The Morgan fingerprint density at radius 1 is 1.06 bits per heavy atom. The number of hydrogen-bond donors (Lipinski definition) is 0. The fourth-order valence-electron chi connectivity index (χ4n) is 1.49. The number of rotatable bonds is 3. The molecule has 0 saturated carbocycles. The highest BCUT2D eigenvalue weighted by Gasteiger charge is 2.11. The third kappa shape index (κ3) is 3.49. The third-order valence-corrected chi connectivity index (χ3v) is 3.98. The first kappa shape index (κ1) is 13.9. The molecule has 0 spiro atoms. The van der Waals surface area contributed by atoms with Gasteiger partial charge < -0.3 is 0 Å². The summed E-state index contributed by atoms with van der Waals surface area (Å²) < 4.78 is 2.63. The van der Waals surface area contributed by atoms with Crippen molar-refractivity contribution >= 4 is 53.6 Å². The van der Waals surface area contributed by atoms with Crippen LogP contribution < -0.4 is 0 Å². The van der Waals surface area contributed by atoms with E-state index in [1.54, 1.807) is 12.3 Å². The van der Waals surface area contributed by atoms with Gasteiger partial charge in [-0.2, -0.15) is 0 Å². The van der Waals surface area contributed by atoms with Crippen LogP contribution in [0.4, 0.5) is 0 Å². The molecule has 0 saturated heterocycles. The van der Waals surface area contributed by atoms with Crippen LogP contribution in [0.15, 0.2) is 49.9 Å². The number of carbonyl (C=O) groups is 1. The van der Waals surface area contributed by atoms with E-state index in [-0.39, 0.29) is 5.78 Å². The zero-order valence-electron chi connectivity index (χ0n) is 9.16. The number of pyridine rings is 1. The molecule has 0 N–H and O–H groups in total. The van der Waals surface area contributed by atoms with Gasteiger partial charge in [0.2, 0.25) is 0 Å². The van der Waals surface area contributed by atoms with E-state index in [0.29, 0.717) is 12.0 Å². The average Bonchev–Trinajstić information content (AvgIpc) is 2.32. The summed E-state index contributed by atoms with van der Waals surface area (Å²) in [5.41, 5.74) is 1.43. The second kappa shape index (κ2) is 6.08. The van der Waals surface area contributed by atoms with Gasteiger partial charge >= 0.3 is 0 Å². The van der Waals surface area contributed by atoms with Crippen molar-refractivity contribution in [3.05, 3.63) is 61.2 Å². The Morgan fingerprint density at radius 2 is 1.78 bits per heavy atom. The van der Waals surface area contributed by atoms with Gasteiger partial charge in [0, 0.05) is 30.9 Å². The maximum Gasteiger partial charge on any atom is 0.169 e. The second-order valence-electron chi connectivity index (χ2n) is 3.69. The molecular formula is C13H8Br3NO. The van der Waals surface area contributed by atoms with E-state index in [2.05, 4.69) is 52.8 Å². The molecule has 0 radical (unpaired) electrons. The third-order valence-electron chi connectivity index (χ3n) is 2.36. The molecule has 0 amide bonds. The predicted octanol–water partition coefficient (Wildman–Crippen LogP) is 4.79. The van der Waals surface area contributed by atoms with Crippen molar-refractivity contribution in [2.75, 3.05) is 0 Å². The van der Waals surface area contributed by atoms with E-state index in [1.165, 1.54) is 0 Å². The average molecular weight is 434 g/mol. The number of carbonyl (C=O) groups excluding carboxylic acids is 1. The summed E-state index contributed by atoms with van der Waals surface area (Å²) in [6.07, 6.45) is 1.99. The Kier molecular flexibility index (Phi) is 4.70. The molecular weight excluding hydrogens is 426 g/mol. The zero-order valence-corrected chi connectivity index (χ0v) is 13.9. The Labute approximate surface area is 130 Å². The monoisotopic (exact) mass is 431 g/mol. The topological polar surface area (TPSA) is 30.0 Å². The van der Waals surface area contributed by atoms with Crippen LogP contribution in [-0.2, 0) is 6.42 Å². The molecule has 2 aromatic rings. The van der Waals surface area contributed by atoms with Crippen LogP contribution in [0.2, 0.25) is 0 Å². The van der Waals surface area contributed by atoms with Gasteiger partial charge in [-0.05, 0) is 46.3 Å². The molecule has 1 aromatic carbocycles. The van der Waals surface area contributed by atoms with Gasteiger partial charge in [0.15, 0.2) is 5.78 Å². The van der Waals surface area contributed by atoms with Crippen molar-refractivity contribution in [2.45, 2.75) is 6.42 Å². The Balaban J connectivity index is 2.19. The van der Waals surface area contributed by atoms with Crippen LogP contribution in [-0.4, -0.2) is 10.8 Å². The lowest BCUT2D eigenvalue weighted by molar-refractivity contribution is 0.0991.